The third kappa shape index (κ3) is 1.42. The van der Waals surface area contributed by atoms with Gasteiger partial charge in [0.25, 0.3) is 0 Å². The maximum Gasteiger partial charge on any atom is 0.178 e. The van der Waals surface area contributed by atoms with E-state index in [2.05, 4.69) is 24.4 Å². The lowest BCUT2D eigenvalue weighted by Crippen LogP contribution is -2.56. The Balaban J connectivity index is 2.10. The molecule has 2 heterocycles. The average molecular weight is 219 g/mol. The summed E-state index contributed by atoms with van der Waals surface area (Å²) in [4.78, 5) is 0.920. The summed E-state index contributed by atoms with van der Waals surface area (Å²) in [5.74, 6) is 1.53. The largest absolute Gasteiger partial charge is 0.468 e. The van der Waals surface area contributed by atoms with Crippen molar-refractivity contribution in [2.45, 2.75) is 31.4 Å². The van der Waals surface area contributed by atoms with Crippen LogP contribution in [0.25, 0.3) is 0 Å². The molecule has 2 bridgehead atoms. The summed E-state index contributed by atoms with van der Waals surface area (Å²) >= 11 is 5.27. The molecule has 0 radical (unpaired) electrons. The molecule has 2 aliphatic rings. The molecule has 1 fully saturated rings. The minimum absolute atomic E-state index is 0.297. The van der Waals surface area contributed by atoms with Gasteiger partial charge in [-0.25, -0.2) is 0 Å². The maximum absolute atomic E-state index is 5.96. The number of rotatable bonds is 0. The van der Waals surface area contributed by atoms with Gasteiger partial charge in [0.05, 0.1) is 4.99 Å². The third-order valence-corrected chi connectivity index (χ3v) is 3.43. The van der Waals surface area contributed by atoms with Gasteiger partial charge in [0, 0.05) is 12.8 Å². The van der Waals surface area contributed by atoms with Crippen LogP contribution in [-0.4, -0.2) is 10.7 Å². The van der Waals surface area contributed by atoms with E-state index in [1.54, 1.807) is 0 Å². The van der Waals surface area contributed by atoms with Crippen LogP contribution >= 0.6 is 12.2 Å². The molecule has 3 rings (SSSR count). The minimum Gasteiger partial charge on any atom is -0.468 e. The summed E-state index contributed by atoms with van der Waals surface area (Å²) in [7, 11) is 0. The molecule has 1 aromatic rings. The van der Waals surface area contributed by atoms with Crippen LogP contribution in [0.3, 0.4) is 0 Å². The van der Waals surface area contributed by atoms with E-state index in [0.717, 1.165) is 23.6 Å². The summed E-state index contributed by atoms with van der Waals surface area (Å²) in [6.45, 7) is 2.07. The van der Waals surface area contributed by atoms with E-state index in [4.69, 9.17) is 17.0 Å². The van der Waals surface area contributed by atoms with E-state index in [1.165, 1.54) is 5.56 Å². The number of hydrogen-bond donors (Lipinski definition) is 1. The molecule has 0 amide bonds. The number of piperidine rings is 1. The van der Waals surface area contributed by atoms with Crippen LogP contribution in [0.5, 0.6) is 5.75 Å². The monoisotopic (exact) mass is 219 g/mol. The normalized spacial score (nSPS) is 32.6. The van der Waals surface area contributed by atoms with Gasteiger partial charge >= 0.3 is 0 Å². The fourth-order valence-corrected chi connectivity index (χ4v) is 3.02. The Morgan fingerprint density at radius 1 is 1.47 bits per heavy atom. The highest BCUT2D eigenvalue weighted by atomic mass is 32.1. The second-order valence-corrected chi connectivity index (χ2v) is 5.02. The molecule has 2 nitrogen and oxygen atoms in total. The zero-order valence-electron chi connectivity index (χ0n) is 8.62. The molecular formula is C12H13NOS. The van der Waals surface area contributed by atoms with Crippen molar-refractivity contribution in [1.29, 1.82) is 0 Å². The standard InChI is InChI=1S/C12H13NOS/c1-12-7-8(6-11(15)13-12)9-4-2-3-5-10(9)14-12/h2-5,8H,6-7H2,1H3,(H,13,15)/t8-,12-/m1/s1. The van der Waals surface area contributed by atoms with E-state index in [1.807, 2.05) is 12.1 Å². The zero-order chi connectivity index (χ0) is 10.5. The minimum atomic E-state index is -0.297. The van der Waals surface area contributed by atoms with Gasteiger partial charge in [0.1, 0.15) is 5.75 Å². The summed E-state index contributed by atoms with van der Waals surface area (Å²) < 4.78 is 5.96. The zero-order valence-corrected chi connectivity index (χ0v) is 9.43. The first-order chi connectivity index (χ1) is 7.16. The fraction of sp³-hybridized carbons (Fsp3) is 0.417. The van der Waals surface area contributed by atoms with Crippen molar-refractivity contribution in [1.82, 2.24) is 5.32 Å². The Morgan fingerprint density at radius 3 is 3.13 bits per heavy atom. The predicted octanol–water partition coefficient (Wildman–Crippen LogP) is 2.59. The van der Waals surface area contributed by atoms with E-state index < -0.39 is 0 Å². The van der Waals surface area contributed by atoms with Gasteiger partial charge in [-0.3, -0.25) is 0 Å². The van der Waals surface area contributed by atoms with Gasteiger partial charge in [0.15, 0.2) is 5.72 Å². The van der Waals surface area contributed by atoms with E-state index in [-0.39, 0.29) is 5.72 Å². The second-order valence-electron chi connectivity index (χ2n) is 4.52. The summed E-state index contributed by atoms with van der Waals surface area (Å²) in [5.41, 5.74) is 1.01. The molecule has 0 aliphatic carbocycles. The van der Waals surface area contributed by atoms with Crippen LogP contribution in [0, 0.1) is 0 Å². The van der Waals surface area contributed by atoms with Crippen LogP contribution in [0.1, 0.15) is 31.2 Å². The molecule has 1 aromatic carbocycles. The summed E-state index contributed by atoms with van der Waals surface area (Å²) in [6, 6.07) is 8.26. The third-order valence-electron chi connectivity index (χ3n) is 3.17. The number of nitrogens with one attached hydrogen (secondary N) is 1. The first-order valence-corrected chi connectivity index (χ1v) is 5.66. The highest BCUT2D eigenvalue weighted by Gasteiger charge is 2.41. The Bertz CT molecular complexity index is 431. The van der Waals surface area contributed by atoms with Gasteiger partial charge in [-0.15, -0.1) is 0 Å². The molecule has 0 unspecified atom stereocenters. The number of benzene rings is 1. The molecule has 1 saturated heterocycles. The van der Waals surface area contributed by atoms with Gasteiger partial charge in [-0.1, -0.05) is 30.4 Å². The van der Waals surface area contributed by atoms with Crippen molar-refractivity contribution >= 4 is 17.2 Å². The Kier molecular flexibility index (Phi) is 1.80. The number of ether oxygens (including phenoxy) is 1. The van der Waals surface area contributed by atoms with Crippen LogP contribution in [0.2, 0.25) is 0 Å². The Morgan fingerprint density at radius 2 is 2.27 bits per heavy atom. The van der Waals surface area contributed by atoms with E-state index >= 15 is 0 Å². The van der Waals surface area contributed by atoms with Gasteiger partial charge < -0.3 is 10.1 Å². The lowest BCUT2D eigenvalue weighted by Gasteiger charge is -2.45. The van der Waals surface area contributed by atoms with Crippen molar-refractivity contribution in [3.8, 4) is 5.75 Å². The lowest BCUT2D eigenvalue weighted by molar-refractivity contribution is 0.0304. The average Bonchev–Trinajstić information content (AvgIpc) is 2.15. The quantitative estimate of drug-likeness (QED) is 0.678. The molecule has 3 heteroatoms. The molecule has 0 aromatic heterocycles. The van der Waals surface area contributed by atoms with E-state index in [9.17, 15) is 0 Å². The molecule has 0 saturated carbocycles. The fourth-order valence-electron chi connectivity index (χ4n) is 2.60. The highest BCUT2D eigenvalue weighted by Crippen LogP contribution is 2.43. The van der Waals surface area contributed by atoms with Crippen molar-refractivity contribution in [3.63, 3.8) is 0 Å². The van der Waals surface area contributed by atoms with Crippen LogP contribution in [0.15, 0.2) is 24.3 Å². The van der Waals surface area contributed by atoms with Crippen LogP contribution in [0.4, 0.5) is 0 Å². The predicted molar refractivity (Wildman–Crippen MR) is 63.2 cm³/mol. The number of thiocarbonyl (C=S) groups is 1. The molecule has 0 spiro atoms. The van der Waals surface area contributed by atoms with Crippen LogP contribution in [-0.2, 0) is 0 Å². The van der Waals surface area contributed by atoms with Crippen molar-refractivity contribution in [2.75, 3.05) is 0 Å². The Hall–Kier alpha value is -1.09. The maximum atomic E-state index is 5.96. The number of hydrogen-bond acceptors (Lipinski definition) is 2. The lowest BCUT2D eigenvalue weighted by atomic mass is 9.82. The highest BCUT2D eigenvalue weighted by molar-refractivity contribution is 7.80. The van der Waals surface area contributed by atoms with Crippen molar-refractivity contribution in [2.24, 2.45) is 0 Å². The van der Waals surface area contributed by atoms with E-state index in [0.29, 0.717) is 5.92 Å². The summed E-state index contributed by atoms with van der Waals surface area (Å²) in [6.07, 6.45) is 1.95. The molecule has 2 aliphatic heterocycles. The second kappa shape index (κ2) is 2.95. The molecule has 78 valence electrons. The molecule has 2 atom stereocenters. The Labute approximate surface area is 94.6 Å². The van der Waals surface area contributed by atoms with Gasteiger partial charge in [-0.05, 0) is 24.5 Å². The smallest absolute Gasteiger partial charge is 0.178 e. The number of fused-ring (bicyclic) bond motifs is 4. The van der Waals surface area contributed by atoms with Gasteiger partial charge in [-0.2, -0.15) is 0 Å². The first-order valence-electron chi connectivity index (χ1n) is 5.25. The summed E-state index contributed by atoms with van der Waals surface area (Å²) in [5, 5.41) is 3.27. The number of para-hydroxylation sites is 1. The van der Waals surface area contributed by atoms with Gasteiger partial charge in [0.2, 0.25) is 0 Å². The molecule has 1 N–H and O–H groups in total. The SMILES string of the molecule is C[C@@]12C[C@@H](CC(=S)N1)c1ccccc1O2. The van der Waals surface area contributed by atoms with Crippen molar-refractivity contribution < 1.29 is 4.74 Å². The van der Waals surface area contributed by atoms with Crippen LogP contribution < -0.4 is 10.1 Å². The topological polar surface area (TPSA) is 21.3 Å². The molecule has 15 heavy (non-hydrogen) atoms. The van der Waals surface area contributed by atoms with Crippen molar-refractivity contribution in [3.05, 3.63) is 29.8 Å². The first kappa shape index (κ1) is 9.16. The molecular weight excluding hydrogens is 206 g/mol.